The molecule has 1 N–H and O–H groups in total. The standard InChI is InChI=1S/C18H24N2/c1-13-6-11-18(14(2)12-13)19-15(3)16-7-9-17(10-8-16)20(4)5/h6-12,15,19H,1-5H3. The Morgan fingerprint density at radius 2 is 1.60 bits per heavy atom. The van der Waals surface area contributed by atoms with Crippen LogP contribution in [0, 0.1) is 13.8 Å². The molecule has 0 aromatic heterocycles. The normalized spacial score (nSPS) is 12.1. The highest BCUT2D eigenvalue weighted by atomic mass is 15.1. The van der Waals surface area contributed by atoms with Crippen molar-refractivity contribution < 1.29 is 0 Å². The molecule has 0 aliphatic heterocycles. The third kappa shape index (κ3) is 3.32. The van der Waals surface area contributed by atoms with Crippen LogP contribution in [0.5, 0.6) is 0 Å². The van der Waals surface area contributed by atoms with Gasteiger partial charge >= 0.3 is 0 Å². The highest BCUT2D eigenvalue weighted by Crippen LogP contribution is 2.24. The number of nitrogens with one attached hydrogen (secondary N) is 1. The van der Waals surface area contributed by atoms with Gasteiger partial charge in [0.1, 0.15) is 0 Å². The van der Waals surface area contributed by atoms with Crippen LogP contribution in [0.3, 0.4) is 0 Å². The molecule has 2 rings (SSSR count). The fourth-order valence-electron chi connectivity index (χ4n) is 2.35. The van der Waals surface area contributed by atoms with E-state index >= 15 is 0 Å². The SMILES string of the molecule is Cc1ccc(NC(C)c2ccc(N(C)C)cc2)c(C)c1. The minimum absolute atomic E-state index is 0.299. The van der Waals surface area contributed by atoms with Crippen molar-refractivity contribution in [1.82, 2.24) is 0 Å². The van der Waals surface area contributed by atoms with Gasteiger partial charge < -0.3 is 10.2 Å². The highest BCUT2D eigenvalue weighted by molar-refractivity contribution is 5.54. The zero-order valence-electron chi connectivity index (χ0n) is 13.1. The number of hydrogen-bond acceptors (Lipinski definition) is 2. The monoisotopic (exact) mass is 268 g/mol. The third-order valence-corrected chi connectivity index (χ3v) is 3.66. The first-order valence-electron chi connectivity index (χ1n) is 7.08. The Morgan fingerprint density at radius 1 is 0.950 bits per heavy atom. The van der Waals surface area contributed by atoms with Crippen LogP contribution in [0.1, 0.15) is 29.7 Å². The molecule has 1 unspecified atom stereocenters. The Bertz CT molecular complexity index is 570. The summed E-state index contributed by atoms with van der Waals surface area (Å²) >= 11 is 0. The van der Waals surface area contributed by atoms with Gasteiger partial charge in [-0.25, -0.2) is 0 Å². The minimum atomic E-state index is 0.299. The van der Waals surface area contributed by atoms with Crippen LogP contribution in [-0.2, 0) is 0 Å². The summed E-state index contributed by atoms with van der Waals surface area (Å²) in [5.74, 6) is 0. The van der Waals surface area contributed by atoms with Crippen molar-refractivity contribution in [1.29, 1.82) is 0 Å². The number of rotatable bonds is 4. The Balaban J connectivity index is 2.13. The highest BCUT2D eigenvalue weighted by Gasteiger charge is 2.07. The first-order valence-corrected chi connectivity index (χ1v) is 7.08. The average molecular weight is 268 g/mol. The summed E-state index contributed by atoms with van der Waals surface area (Å²) < 4.78 is 0. The van der Waals surface area contributed by atoms with Crippen LogP contribution in [0.4, 0.5) is 11.4 Å². The van der Waals surface area contributed by atoms with Crippen molar-refractivity contribution in [3.05, 3.63) is 59.2 Å². The molecule has 2 heteroatoms. The maximum atomic E-state index is 3.59. The molecule has 20 heavy (non-hydrogen) atoms. The fraction of sp³-hybridized carbons (Fsp3) is 0.333. The van der Waals surface area contributed by atoms with Crippen molar-refractivity contribution in [3.8, 4) is 0 Å². The molecule has 0 bridgehead atoms. The Hall–Kier alpha value is -1.96. The first-order chi connectivity index (χ1) is 9.47. The molecule has 2 aromatic carbocycles. The molecule has 2 nitrogen and oxygen atoms in total. The Kier molecular flexibility index (Phi) is 4.33. The van der Waals surface area contributed by atoms with Gasteiger partial charge in [-0.3, -0.25) is 0 Å². The first kappa shape index (κ1) is 14.4. The Labute approximate surface area is 122 Å². The van der Waals surface area contributed by atoms with E-state index in [1.165, 1.54) is 28.1 Å². The second kappa shape index (κ2) is 6.00. The van der Waals surface area contributed by atoms with Crippen LogP contribution < -0.4 is 10.2 Å². The summed E-state index contributed by atoms with van der Waals surface area (Å²) in [5, 5.41) is 3.59. The van der Waals surface area contributed by atoms with Gasteiger partial charge in [0.15, 0.2) is 0 Å². The number of benzene rings is 2. The van der Waals surface area contributed by atoms with E-state index in [1.54, 1.807) is 0 Å². The van der Waals surface area contributed by atoms with Gasteiger partial charge in [0, 0.05) is 31.5 Å². The molecule has 0 heterocycles. The second-order valence-electron chi connectivity index (χ2n) is 5.67. The maximum Gasteiger partial charge on any atom is 0.0485 e. The molecule has 0 spiro atoms. The summed E-state index contributed by atoms with van der Waals surface area (Å²) in [6.45, 7) is 6.47. The van der Waals surface area contributed by atoms with Crippen LogP contribution in [0.25, 0.3) is 0 Å². The summed E-state index contributed by atoms with van der Waals surface area (Å²) in [6.07, 6.45) is 0. The quantitative estimate of drug-likeness (QED) is 0.875. The summed E-state index contributed by atoms with van der Waals surface area (Å²) in [7, 11) is 4.12. The van der Waals surface area contributed by atoms with E-state index < -0.39 is 0 Å². The molecule has 0 saturated carbocycles. The molecule has 0 aliphatic carbocycles. The predicted molar refractivity (Wildman–Crippen MR) is 88.7 cm³/mol. The lowest BCUT2D eigenvalue weighted by Crippen LogP contribution is -2.10. The molecule has 1 atom stereocenters. The van der Waals surface area contributed by atoms with Gasteiger partial charge in [0.05, 0.1) is 0 Å². The maximum absolute atomic E-state index is 3.59. The van der Waals surface area contributed by atoms with Crippen molar-refractivity contribution >= 4 is 11.4 Å². The summed E-state index contributed by atoms with van der Waals surface area (Å²) in [6, 6.07) is 15.5. The molecule has 106 valence electrons. The minimum Gasteiger partial charge on any atom is -0.378 e. The average Bonchev–Trinajstić information content (AvgIpc) is 2.42. The van der Waals surface area contributed by atoms with Gasteiger partial charge in [-0.15, -0.1) is 0 Å². The smallest absolute Gasteiger partial charge is 0.0485 e. The number of anilines is 2. The van der Waals surface area contributed by atoms with E-state index in [9.17, 15) is 0 Å². The lowest BCUT2D eigenvalue weighted by atomic mass is 10.1. The van der Waals surface area contributed by atoms with Crippen molar-refractivity contribution in [2.75, 3.05) is 24.3 Å². The van der Waals surface area contributed by atoms with Gasteiger partial charge in [0.2, 0.25) is 0 Å². The fourth-order valence-corrected chi connectivity index (χ4v) is 2.35. The molecule has 0 radical (unpaired) electrons. The lowest BCUT2D eigenvalue weighted by molar-refractivity contribution is 0.881. The van der Waals surface area contributed by atoms with E-state index in [0.29, 0.717) is 6.04 Å². The molecule has 0 saturated heterocycles. The van der Waals surface area contributed by atoms with E-state index in [1.807, 2.05) is 0 Å². The van der Waals surface area contributed by atoms with Crippen molar-refractivity contribution in [2.24, 2.45) is 0 Å². The van der Waals surface area contributed by atoms with Gasteiger partial charge in [-0.05, 0) is 50.1 Å². The predicted octanol–water partition coefficient (Wildman–Crippen LogP) is 4.54. The molecule has 2 aromatic rings. The number of aryl methyl sites for hydroxylation is 2. The summed E-state index contributed by atoms with van der Waals surface area (Å²) in [5.41, 5.74) is 6.33. The van der Waals surface area contributed by atoms with Crippen molar-refractivity contribution in [3.63, 3.8) is 0 Å². The molecule has 0 fully saturated rings. The van der Waals surface area contributed by atoms with Crippen LogP contribution >= 0.6 is 0 Å². The zero-order chi connectivity index (χ0) is 14.7. The number of nitrogens with zero attached hydrogens (tertiary/aromatic N) is 1. The van der Waals surface area contributed by atoms with E-state index in [0.717, 1.165) is 0 Å². The second-order valence-corrected chi connectivity index (χ2v) is 5.67. The molecular formula is C18H24N2. The van der Waals surface area contributed by atoms with Gasteiger partial charge in [-0.1, -0.05) is 29.8 Å². The topological polar surface area (TPSA) is 15.3 Å². The summed E-state index contributed by atoms with van der Waals surface area (Å²) in [4.78, 5) is 2.12. The molecular weight excluding hydrogens is 244 g/mol. The van der Waals surface area contributed by atoms with Crippen LogP contribution in [0.15, 0.2) is 42.5 Å². The molecule has 0 aliphatic rings. The van der Waals surface area contributed by atoms with Gasteiger partial charge in [0.25, 0.3) is 0 Å². The lowest BCUT2D eigenvalue weighted by Gasteiger charge is -2.19. The van der Waals surface area contributed by atoms with Crippen LogP contribution in [0.2, 0.25) is 0 Å². The number of hydrogen-bond donors (Lipinski definition) is 1. The van der Waals surface area contributed by atoms with E-state index in [-0.39, 0.29) is 0 Å². The Morgan fingerprint density at radius 3 is 2.15 bits per heavy atom. The van der Waals surface area contributed by atoms with Crippen LogP contribution in [-0.4, -0.2) is 14.1 Å². The largest absolute Gasteiger partial charge is 0.378 e. The van der Waals surface area contributed by atoms with Crippen molar-refractivity contribution in [2.45, 2.75) is 26.8 Å². The molecule has 0 amide bonds. The zero-order valence-corrected chi connectivity index (χ0v) is 13.1. The van der Waals surface area contributed by atoms with E-state index in [2.05, 4.69) is 87.5 Å². The van der Waals surface area contributed by atoms with Gasteiger partial charge in [-0.2, -0.15) is 0 Å². The third-order valence-electron chi connectivity index (χ3n) is 3.66. The van der Waals surface area contributed by atoms with E-state index in [4.69, 9.17) is 0 Å².